The summed E-state index contributed by atoms with van der Waals surface area (Å²) in [5.41, 5.74) is 9.51. The second-order valence-electron chi connectivity index (χ2n) is 4.45. The van der Waals surface area contributed by atoms with E-state index in [1.54, 1.807) is 0 Å². The van der Waals surface area contributed by atoms with E-state index in [4.69, 9.17) is 5.73 Å². The predicted molar refractivity (Wildman–Crippen MR) is 88.1 cm³/mol. The van der Waals surface area contributed by atoms with Gasteiger partial charge in [0.1, 0.15) is 0 Å². The van der Waals surface area contributed by atoms with Crippen molar-refractivity contribution < 1.29 is 0 Å². The molecule has 2 aromatic rings. The lowest BCUT2D eigenvalue weighted by Gasteiger charge is -2.15. The number of hydrogen-bond acceptors (Lipinski definition) is 2. The van der Waals surface area contributed by atoms with Gasteiger partial charge in [-0.1, -0.05) is 37.9 Å². The zero-order chi connectivity index (χ0) is 14.2. The van der Waals surface area contributed by atoms with E-state index in [0.717, 1.165) is 36.8 Å². The Kier molecular flexibility index (Phi) is 4.87. The lowest BCUT2D eigenvalue weighted by Crippen LogP contribution is -2.16. The van der Waals surface area contributed by atoms with Crippen LogP contribution in [0.1, 0.15) is 23.0 Å². The topological polar surface area (TPSA) is 43.8 Å². The SMILES string of the molecule is Cc1nn(C)c(CC(N)c2ccc(Br)cc2Br)c1Br. The smallest absolute Gasteiger partial charge is 0.0738 e. The third kappa shape index (κ3) is 3.29. The fourth-order valence-electron chi connectivity index (χ4n) is 2.02. The van der Waals surface area contributed by atoms with Crippen LogP contribution in [0.5, 0.6) is 0 Å². The summed E-state index contributed by atoms with van der Waals surface area (Å²) in [6.45, 7) is 1.98. The molecule has 1 atom stereocenters. The van der Waals surface area contributed by atoms with Crippen LogP contribution in [0.15, 0.2) is 31.6 Å². The molecule has 3 nitrogen and oxygen atoms in total. The minimum absolute atomic E-state index is 0.0754. The third-order valence-corrected chi connectivity index (χ3v) is 5.25. The van der Waals surface area contributed by atoms with Crippen LogP contribution in [0.2, 0.25) is 0 Å². The number of aromatic nitrogens is 2. The summed E-state index contributed by atoms with van der Waals surface area (Å²) in [5, 5.41) is 4.39. The van der Waals surface area contributed by atoms with E-state index in [2.05, 4.69) is 52.9 Å². The van der Waals surface area contributed by atoms with Gasteiger partial charge in [0.15, 0.2) is 0 Å². The van der Waals surface area contributed by atoms with Crippen molar-refractivity contribution in [2.75, 3.05) is 0 Å². The number of hydrogen-bond donors (Lipinski definition) is 1. The number of benzene rings is 1. The molecule has 0 fully saturated rings. The number of halogens is 3. The van der Waals surface area contributed by atoms with E-state index < -0.39 is 0 Å². The molecule has 0 radical (unpaired) electrons. The monoisotopic (exact) mass is 449 g/mol. The summed E-state index contributed by atoms with van der Waals surface area (Å²) < 4.78 is 4.97. The lowest BCUT2D eigenvalue weighted by molar-refractivity contribution is 0.637. The van der Waals surface area contributed by atoms with Gasteiger partial charge in [0.2, 0.25) is 0 Å². The van der Waals surface area contributed by atoms with Gasteiger partial charge in [0.25, 0.3) is 0 Å². The Morgan fingerprint density at radius 2 is 2.00 bits per heavy atom. The second kappa shape index (κ2) is 6.08. The van der Waals surface area contributed by atoms with Crippen LogP contribution in [-0.2, 0) is 13.5 Å². The Hall–Kier alpha value is -0.170. The van der Waals surface area contributed by atoms with Crippen LogP contribution < -0.4 is 5.73 Å². The molecule has 0 aliphatic carbocycles. The van der Waals surface area contributed by atoms with E-state index in [-0.39, 0.29) is 6.04 Å². The highest BCUT2D eigenvalue weighted by Crippen LogP contribution is 2.30. The zero-order valence-corrected chi connectivity index (χ0v) is 15.4. The Balaban J connectivity index is 2.28. The van der Waals surface area contributed by atoms with Crippen molar-refractivity contribution in [2.24, 2.45) is 12.8 Å². The molecule has 0 spiro atoms. The molecule has 0 amide bonds. The summed E-state index contributed by atoms with van der Waals surface area (Å²) in [5.74, 6) is 0. The first-order chi connectivity index (χ1) is 8.90. The average Bonchev–Trinajstić information content (AvgIpc) is 2.56. The highest BCUT2D eigenvalue weighted by Gasteiger charge is 2.17. The highest BCUT2D eigenvalue weighted by atomic mass is 79.9. The fraction of sp³-hybridized carbons (Fsp3) is 0.308. The molecule has 2 rings (SSSR count). The van der Waals surface area contributed by atoms with E-state index in [9.17, 15) is 0 Å². The first-order valence-corrected chi connectivity index (χ1v) is 8.16. The maximum absolute atomic E-state index is 6.32. The van der Waals surface area contributed by atoms with E-state index in [1.165, 1.54) is 0 Å². The van der Waals surface area contributed by atoms with Gasteiger partial charge in [-0.2, -0.15) is 5.10 Å². The molecule has 0 saturated heterocycles. The van der Waals surface area contributed by atoms with Gasteiger partial charge in [0.05, 0.1) is 15.9 Å². The summed E-state index contributed by atoms with van der Waals surface area (Å²) in [6.07, 6.45) is 0.734. The maximum Gasteiger partial charge on any atom is 0.0738 e. The number of aryl methyl sites for hydroxylation is 2. The Morgan fingerprint density at radius 3 is 2.53 bits per heavy atom. The van der Waals surface area contributed by atoms with Gasteiger partial charge in [-0.15, -0.1) is 0 Å². The van der Waals surface area contributed by atoms with Gasteiger partial charge in [-0.05, 0) is 40.5 Å². The van der Waals surface area contributed by atoms with Crippen molar-refractivity contribution in [3.05, 3.63) is 48.6 Å². The molecule has 0 bridgehead atoms. The molecule has 0 aliphatic rings. The van der Waals surface area contributed by atoms with Crippen molar-refractivity contribution in [1.82, 2.24) is 9.78 Å². The average molecular weight is 452 g/mol. The zero-order valence-electron chi connectivity index (χ0n) is 10.6. The lowest BCUT2D eigenvalue weighted by atomic mass is 10.0. The summed E-state index contributed by atoms with van der Waals surface area (Å²) >= 11 is 10.6. The first-order valence-electron chi connectivity index (χ1n) is 5.78. The summed E-state index contributed by atoms with van der Waals surface area (Å²) in [6, 6.07) is 5.98. The molecule has 0 saturated carbocycles. The van der Waals surface area contributed by atoms with Gasteiger partial charge >= 0.3 is 0 Å². The van der Waals surface area contributed by atoms with Crippen molar-refractivity contribution in [3.63, 3.8) is 0 Å². The molecule has 19 heavy (non-hydrogen) atoms. The molecule has 6 heteroatoms. The quantitative estimate of drug-likeness (QED) is 0.757. The van der Waals surface area contributed by atoms with E-state index >= 15 is 0 Å². The Morgan fingerprint density at radius 1 is 1.32 bits per heavy atom. The molecule has 1 unspecified atom stereocenters. The van der Waals surface area contributed by atoms with Crippen LogP contribution in [0, 0.1) is 6.92 Å². The molecule has 1 heterocycles. The third-order valence-electron chi connectivity index (χ3n) is 3.04. The molecular weight excluding hydrogens is 438 g/mol. The summed E-state index contributed by atoms with van der Waals surface area (Å²) in [4.78, 5) is 0. The molecule has 0 aliphatic heterocycles. The predicted octanol–water partition coefficient (Wildman–Crippen LogP) is 4.26. The van der Waals surface area contributed by atoms with Crippen LogP contribution >= 0.6 is 47.8 Å². The normalized spacial score (nSPS) is 12.7. The number of rotatable bonds is 3. The van der Waals surface area contributed by atoms with E-state index in [1.807, 2.05) is 36.9 Å². The fourth-order valence-corrected chi connectivity index (χ4v) is 3.86. The number of nitrogens with zero attached hydrogens (tertiary/aromatic N) is 2. The Bertz CT molecular complexity index is 607. The second-order valence-corrected chi connectivity index (χ2v) is 7.01. The van der Waals surface area contributed by atoms with Crippen molar-refractivity contribution >= 4 is 47.8 Å². The summed E-state index contributed by atoms with van der Waals surface area (Å²) in [7, 11) is 1.94. The maximum atomic E-state index is 6.32. The van der Waals surface area contributed by atoms with E-state index in [0.29, 0.717) is 0 Å². The van der Waals surface area contributed by atoms with Crippen LogP contribution in [0.4, 0.5) is 0 Å². The molecule has 1 aromatic carbocycles. The standard InChI is InChI=1S/C13H14Br3N3/c1-7-13(16)12(19(2)18-7)6-11(17)9-4-3-8(14)5-10(9)15/h3-5,11H,6,17H2,1-2H3. The minimum Gasteiger partial charge on any atom is -0.324 e. The number of nitrogens with two attached hydrogens (primary N) is 1. The molecule has 102 valence electrons. The van der Waals surface area contributed by atoms with Gasteiger partial charge in [0, 0.05) is 28.5 Å². The largest absolute Gasteiger partial charge is 0.324 e. The molecule has 1 aromatic heterocycles. The van der Waals surface area contributed by atoms with Crippen molar-refractivity contribution in [3.8, 4) is 0 Å². The van der Waals surface area contributed by atoms with Crippen molar-refractivity contribution in [1.29, 1.82) is 0 Å². The van der Waals surface area contributed by atoms with Gasteiger partial charge < -0.3 is 5.73 Å². The minimum atomic E-state index is -0.0754. The highest BCUT2D eigenvalue weighted by molar-refractivity contribution is 9.11. The van der Waals surface area contributed by atoms with Crippen LogP contribution in [0.25, 0.3) is 0 Å². The Labute approximate surface area is 137 Å². The van der Waals surface area contributed by atoms with Gasteiger partial charge in [-0.3, -0.25) is 4.68 Å². The van der Waals surface area contributed by atoms with Crippen molar-refractivity contribution in [2.45, 2.75) is 19.4 Å². The van der Waals surface area contributed by atoms with Crippen LogP contribution in [-0.4, -0.2) is 9.78 Å². The van der Waals surface area contributed by atoms with Gasteiger partial charge in [-0.25, -0.2) is 0 Å². The molecular formula is C13H14Br3N3. The first kappa shape index (κ1) is 15.2. The van der Waals surface area contributed by atoms with Crippen LogP contribution in [0.3, 0.4) is 0 Å². The molecule has 2 N–H and O–H groups in total.